The van der Waals surface area contributed by atoms with Crippen molar-refractivity contribution in [3.05, 3.63) is 70.7 Å². The van der Waals surface area contributed by atoms with E-state index in [0.717, 1.165) is 12.0 Å². The van der Waals surface area contributed by atoms with Crippen molar-refractivity contribution in [2.24, 2.45) is 5.14 Å². The first-order chi connectivity index (χ1) is 12.4. The van der Waals surface area contributed by atoms with Crippen LogP contribution < -0.4 is 10.5 Å². The highest BCUT2D eigenvalue weighted by atomic mass is 32.2. The number of nitrogens with zero attached hydrogens (tertiary/aromatic N) is 1. The molecule has 2 aromatic carbocycles. The molecule has 0 amide bonds. The molecule has 6 nitrogen and oxygen atoms in total. The molecular weight excluding hydrogens is 370 g/mol. The van der Waals surface area contributed by atoms with Crippen molar-refractivity contribution >= 4 is 38.0 Å². The molecule has 3 aromatic rings. The summed E-state index contributed by atoms with van der Waals surface area (Å²) in [6.45, 7) is 2.00. The van der Waals surface area contributed by atoms with Crippen LogP contribution in [0.3, 0.4) is 0 Å². The van der Waals surface area contributed by atoms with Gasteiger partial charge in [-0.15, -0.1) is 0 Å². The van der Waals surface area contributed by atoms with Crippen LogP contribution in [0.1, 0.15) is 27.7 Å². The first kappa shape index (κ1) is 18.2. The van der Waals surface area contributed by atoms with Gasteiger partial charge in [0.15, 0.2) is 5.13 Å². The van der Waals surface area contributed by atoms with Crippen molar-refractivity contribution in [1.82, 2.24) is 4.98 Å². The fourth-order valence-electron chi connectivity index (χ4n) is 2.49. The topological polar surface area (TPSA) is 102 Å². The lowest BCUT2D eigenvalue weighted by molar-refractivity contribution is 0.104. The third-order valence-electron chi connectivity index (χ3n) is 3.79. The van der Waals surface area contributed by atoms with Crippen molar-refractivity contribution in [3.63, 3.8) is 0 Å². The van der Waals surface area contributed by atoms with Crippen LogP contribution in [-0.2, 0) is 16.4 Å². The Morgan fingerprint density at radius 2 is 1.96 bits per heavy atom. The van der Waals surface area contributed by atoms with Gasteiger partial charge < -0.3 is 5.32 Å². The molecule has 1 aromatic heterocycles. The van der Waals surface area contributed by atoms with Crippen molar-refractivity contribution in [2.45, 2.75) is 18.2 Å². The number of thiazole rings is 1. The monoisotopic (exact) mass is 387 g/mol. The van der Waals surface area contributed by atoms with Gasteiger partial charge >= 0.3 is 0 Å². The summed E-state index contributed by atoms with van der Waals surface area (Å²) >= 11 is 1.21. The zero-order valence-corrected chi connectivity index (χ0v) is 15.6. The number of rotatable bonds is 6. The molecule has 0 aliphatic heterocycles. The predicted octanol–water partition coefficient (Wildman–Crippen LogP) is 3.33. The molecular formula is C18H17N3O3S2. The third-order valence-corrected chi connectivity index (χ3v) is 5.61. The molecule has 0 fully saturated rings. The number of aryl methyl sites for hydroxylation is 1. The van der Waals surface area contributed by atoms with Crippen LogP contribution in [0.15, 0.2) is 59.6 Å². The van der Waals surface area contributed by atoms with Crippen molar-refractivity contribution < 1.29 is 13.2 Å². The minimum atomic E-state index is -3.78. The number of nitrogens with two attached hydrogens (primary N) is 1. The van der Waals surface area contributed by atoms with Crippen LogP contribution in [0.4, 0.5) is 10.8 Å². The molecule has 134 valence electrons. The number of hydrogen-bond donors (Lipinski definition) is 2. The highest BCUT2D eigenvalue weighted by Gasteiger charge is 2.16. The molecule has 0 bridgehead atoms. The largest absolute Gasteiger partial charge is 0.331 e. The Bertz CT molecular complexity index is 1060. The SMILES string of the molecule is CCc1ccccc1C(=O)c1cnc(Nc2cccc(S(N)(=O)=O)c2)s1. The molecule has 0 aliphatic rings. The van der Waals surface area contributed by atoms with Gasteiger partial charge in [0, 0.05) is 11.3 Å². The van der Waals surface area contributed by atoms with Crippen LogP contribution >= 0.6 is 11.3 Å². The lowest BCUT2D eigenvalue weighted by Crippen LogP contribution is -2.12. The number of carbonyl (C=O) groups excluding carboxylic acids is 1. The number of primary sulfonamides is 1. The van der Waals surface area contributed by atoms with Gasteiger partial charge in [-0.1, -0.05) is 48.6 Å². The Hall–Kier alpha value is -2.55. The van der Waals surface area contributed by atoms with E-state index in [-0.39, 0.29) is 10.7 Å². The van der Waals surface area contributed by atoms with E-state index in [1.165, 1.54) is 29.7 Å². The fourth-order valence-corrected chi connectivity index (χ4v) is 3.84. The minimum Gasteiger partial charge on any atom is -0.331 e. The third kappa shape index (κ3) is 3.98. The number of carbonyl (C=O) groups is 1. The second-order valence-electron chi connectivity index (χ2n) is 5.57. The van der Waals surface area contributed by atoms with Gasteiger partial charge in [-0.2, -0.15) is 0 Å². The summed E-state index contributed by atoms with van der Waals surface area (Å²) in [4.78, 5) is 17.5. The molecule has 0 saturated heterocycles. The number of benzene rings is 2. The standard InChI is InChI=1S/C18H17N3O3S2/c1-2-12-6-3-4-9-15(12)17(22)16-11-20-18(25-16)21-13-7-5-8-14(10-13)26(19,23)24/h3-11H,2H2,1H3,(H,20,21)(H2,19,23,24). The summed E-state index contributed by atoms with van der Waals surface area (Å²) in [5, 5.41) is 8.64. The van der Waals surface area contributed by atoms with Gasteiger partial charge in [-0.25, -0.2) is 18.5 Å². The van der Waals surface area contributed by atoms with Crippen molar-refractivity contribution in [3.8, 4) is 0 Å². The summed E-state index contributed by atoms with van der Waals surface area (Å²) in [6.07, 6.45) is 2.29. The van der Waals surface area contributed by atoms with Crippen LogP contribution in [0.25, 0.3) is 0 Å². The second-order valence-corrected chi connectivity index (χ2v) is 8.16. The fraction of sp³-hybridized carbons (Fsp3) is 0.111. The van der Waals surface area contributed by atoms with Crippen molar-refractivity contribution in [1.29, 1.82) is 0 Å². The molecule has 1 heterocycles. The van der Waals surface area contributed by atoms with Crippen LogP contribution in [0, 0.1) is 0 Å². The molecule has 0 unspecified atom stereocenters. The van der Waals surface area contributed by atoms with E-state index in [4.69, 9.17) is 5.14 Å². The molecule has 0 aliphatic carbocycles. The maximum atomic E-state index is 12.7. The van der Waals surface area contributed by atoms with E-state index in [0.29, 0.717) is 21.3 Å². The number of nitrogens with one attached hydrogen (secondary N) is 1. The first-order valence-corrected chi connectivity index (χ1v) is 10.2. The highest BCUT2D eigenvalue weighted by molar-refractivity contribution is 7.89. The molecule has 26 heavy (non-hydrogen) atoms. The van der Waals surface area contributed by atoms with Gasteiger partial charge in [-0.3, -0.25) is 4.79 Å². The van der Waals surface area contributed by atoms with Gasteiger partial charge in [0.2, 0.25) is 15.8 Å². The van der Waals surface area contributed by atoms with Crippen LogP contribution in [-0.4, -0.2) is 19.2 Å². The number of aromatic nitrogens is 1. The Balaban J connectivity index is 1.84. The van der Waals surface area contributed by atoms with E-state index in [2.05, 4.69) is 10.3 Å². The summed E-state index contributed by atoms with van der Waals surface area (Å²) in [5.41, 5.74) is 2.18. The lowest BCUT2D eigenvalue weighted by atomic mass is 10.0. The maximum absolute atomic E-state index is 12.7. The average molecular weight is 387 g/mol. The quantitative estimate of drug-likeness (QED) is 0.632. The maximum Gasteiger partial charge on any atom is 0.238 e. The normalized spacial score (nSPS) is 11.3. The molecule has 0 saturated carbocycles. The summed E-state index contributed by atoms with van der Waals surface area (Å²) < 4.78 is 22.9. The second kappa shape index (κ2) is 7.36. The Morgan fingerprint density at radius 1 is 1.19 bits per heavy atom. The highest BCUT2D eigenvalue weighted by Crippen LogP contribution is 2.26. The molecule has 8 heteroatoms. The minimum absolute atomic E-state index is 0.00669. The zero-order valence-electron chi connectivity index (χ0n) is 14.0. The zero-order chi connectivity index (χ0) is 18.7. The lowest BCUT2D eigenvalue weighted by Gasteiger charge is -2.05. The Morgan fingerprint density at radius 3 is 2.69 bits per heavy atom. The predicted molar refractivity (Wildman–Crippen MR) is 102 cm³/mol. The van der Waals surface area contributed by atoms with E-state index < -0.39 is 10.0 Å². The Labute approximate surface area is 155 Å². The molecule has 3 rings (SSSR count). The van der Waals surface area contributed by atoms with Crippen LogP contribution in [0.5, 0.6) is 0 Å². The Kier molecular flexibility index (Phi) is 5.17. The number of anilines is 2. The average Bonchev–Trinajstić information content (AvgIpc) is 3.09. The van der Waals surface area contributed by atoms with Gasteiger partial charge in [0.25, 0.3) is 0 Å². The van der Waals surface area contributed by atoms with E-state index >= 15 is 0 Å². The number of ketones is 1. The first-order valence-electron chi connectivity index (χ1n) is 7.87. The molecule has 0 radical (unpaired) electrons. The summed E-state index contributed by atoms with van der Waals surface area (Å²) in [5.74, 6) is -0.0775. The van der Waals surface area contributed by atoms with E-state index in [9.17, 15) is 13.2 Å². The number of sulfonamides is 1. The van der Waals surface area contributed by atoms with Gasteiger partial charge in [0.1, 0.15) is 0 Å². The molecule has 0 spiro atoms. The summed E-state index contributed by atoms with van der Waals surface area (Å²) in [6, 6.07) is 13.6. The summed E-state index contributed by atoms with van der Waals surface area (Å²) in [7, 11) is -3.78. The van der Waals surface area contributed by atoms with E-state index in [1.54, 1.807) is 12.1 Å². The van der Waals surface area contributed by atoms with Gasteiger partial charge in [-0.05, 0) is 30.2 Å². The van der Waals surface area contributed by atoms with Gasteiger partial charge in [0.05, 0.1) is 16.0 Å². The smallest absolute Gasteiger partial charge is 0.238 e. The number of hydrogen-bond acceptors (Lipinski definition) is 6. The van der Waals surface area contributed by atoms with E-state index in [1.807, 2.05) is 31.2 Å². The van der Waals surface area contributed by atoms with Crippen molar-refractivity contribution in [2.75, 3.05) is 5.32 Å². The molecule has 3 N–H and O–H groups in total. The molecule has 0 atom stereocenters. The van der Waals surface area contributed by atoms with Crippen LogP contribution in [0.2, 0.25) is 0 Å².